The fraction of sp³-hybridized carbons (Fsp3) is 0.842. The van der Waals surface area contributed by atoms with Crippen molar-refractivity contribution >= 4 is 5.97 Å². The highest BCUT2D eigenvalue weighted by atomic mass is 16.7. The second-order valence-corrected chi connectivity index (χ2v) is 8.06. The third-order valence-electron chi connectivity index (χ3n) is 6.63. The monoisotopic (exact) mass is 338 g/mol. The Morgan fingerprint density at radius 1 is 1.42 bits per heavy atom. The Morgan fingerprint density at radius 2 is 2.17 bits per heavy atom. The number of hydrogen-bond donors (Lipinski definition) is 1. The van der Waals surface area contributed by atoms with Gasteiger partial charge in [0.1, 0.15) is 18.6 Å². The zero-order valence-corrected chi connectivity index (χ0v) is 15.3. The highest BCUT2D eigenvalue weighted by Crippen LogP contribution is 2.56. The van der Waals surface area contributed by atoms with E-state index in [1.54, 1.807) is 14.2 Å². The quantitative estimate of drug-likeness (QED) is 0.453. The van der Waals surface area contributed by atoms with Crippen LogP contribution in [0.5, 0.6) is 0 Å². The number of fused-ring (bicyclic) bond motifs is 2. The fourth-order valence-electron chi connectivity index (χ4n) is 5.23. The minimum atomic E-state index is -0.231. The number of ether oxygens (including phenoxy) is 3. The summed E-state index contributed by atoms with van der Waals surface area (Å²) in [4.78, 5) is 12.4. The average molecular weight is 338 g/mol. The highest BCUT2D eigenvalue weighted by Gasteiger charge is 2.55. The van der Waals surface area contributed by atoms with E-state index in [2.05, 4.69) is 18.8 Å². The molecule has 0 radical (unpaired) electrons. The summed E-state index contributed by atoms with van der Waals surface area (Å²) in [6, 6.07) is 0. The first-order valence-corrected chi connectivity index (χ1v) is 9.24. The molecular weight excluding hydrogens is 306 g/mol. The number of rotatable bonds is 6. The van der Waals surface area contributed by atoms with Crippen LogP contribution in [0, 0.1) is 23.2 Å². The van der Waals surface area contributed by atoms with E-state index in [1.165, 1.54) is 18.4 Å². The first kappa shape index (κ1) is 17.9. The maximum Gasteiger partial charge on any atom is 0.315 e. The van der Waals surface area contributed by atoms with Crippen molar-refractivity contribution in [1.82, 2.24) is 0 Å². The molecule has 5 atom stereocenters. The lowest BCUT2D eigenvalue weighted by Crippen LogP contribution is -2.88. The summed E-state index contributed by atoms with van der Waals surface area (Å²) in [6.07, 6.45) is 5.54. The van der Waals surface area contributed by atoms with Gasteiger partial charge < -0.3 is 19.5 Å². The van der Waals surface area contributed by atoms with Crippen LogP contribution in [0.4, 0.5) is 0 Å². The first-order chi connectivity index (χ1) is 11.5. The van der Waals surface area contributed by atoms with E-state index in [0.29, 0.717) is 18.4 Å². The summed E-state index contributed by atoms with van der Waals surface area (Å²) in [5.74, 6) is 0.865. The molecule has 3 aliphatic rings. The number of allylic oxidation sites excluding steroid dienone is 1. The van der Waals surface area contributed by atoms with Crippen LogP contribution in [0.2, 0.25) is 0 Å². The van der Waals surface area contributed by atoms with Crippen molar-refractivity contribution < 1.29 is 24.3 Å². The first-order valence-electron chi connectivity index (χ1n) is 9.24. The topological polar surface area (TPSA) is 61.4 Å². The highest BCUT2D eigenvalue weighted by molar-refractivity contribution is 5.75. The van der Waals surface area contributed by atoms with Gasteiger partial charge in [0, 0.05) is 20.1 Å². The molecule has 0 aromatic rings. The lowest BCUT2D eigenvalue weighted by Gasteiger charge is -2.49. The number of carbonyl (C=O) groups excluding carboxylic acids is 1. The zero-order valence-electron chi connectivity index (χ0n) is 15.3. The summed E-state index contributed by atoms with van der Waals surface area (Å²) in [6.45, 7) is 8.16. The van der Waals surface area contributed by atoms with Gasteiger partial charge in [-0.3, -0.25) is 4.79 Å². The SMILES string of the molecule is C=C1CCC[C@]2(C)C[C@H]3OC(=O)[C@@H](C[NH2+]CC(OC)OC)[C@H]3C[C@H]12. The summed E-state index contributed by atoms with van der Waals surface area (Å²) in [7, 11) is 3.27. The molecule has 136 valence electrons. The molecule has 24 heavy (non-hydrogen) atoms. The van der Waals surface area contributed by atoms with E-state index in [1.807, 2.05) is 0 Å². The molecule has 1 saturated heterocycles. The number of hydrogen-bond acceptors (Lipinski definition) is 4. The summed E-state index contributed by atoms with van der Waals surface area (Å²) in [5.41, 5.74) is 1.66. The largest absolute Gasteiger partial charge is 0.462 e. The lowest BCUT2D eigenvalue weighted by atomic mass is 9.55. The van der Waals surface area contributed by atoms with Gasteiger partial charge in [0.2, 0.25) is 6.29 Å². The summed E-state index contributed by atoms with van der Waals surface area (Å²) < 4.78 is 16.2. The Morgan fingerprint density at radius 3 is 2.88 bits per heavy atom. The molecule has 5 heteroatoms. The van der Waals surface area contributed by atoms with E-state index < -0.39 is 0 Å². The van der Waals surface area contributed by atoms with Gasteiger partial charge in [0.05, 0.1) is 6.54 Å². The molecule has 0 aromatic carbocycles. The third-order valence-corrected chi connectivity index (χ3v) is 6.63. The molecule has 0 aromatic heterocycles. The van der Waals surface area contributed by atoms with Crippen LogP contribution in [0.1, 0.15) is 39.0 Å². The van der Waals surface area contributed by atoms with Gasteiger partial charge in [-0.2, -0.15) is 0 Å². The van der Waals surface area contributed by atoms with Gasteiger partial charge in [-0.1, -0.05) is 19.1 Å². The van der Waals surface area contributed by atoms with Crippen molar-refractivity contribution in [2.24, 2.45) is 23.2 Å². The molecule has 0 amide bonds. The second kappa shape index (κ2) is 7.14. The summed E-state index contributed by atoms with van der Waals surface area (Å²) >= 11 is 0. The van der Waals surface area contributed by atoms with Crippen LogP contribution in [0.15, 0.2) is 12.2 Å². The molecule has 2 aliphatic carbocycles. The molecule has 3 rings (SSSR count). The number of esters is 1. The van der Waals surface area contributed by atoms with Crippen molar-refractivity contribution in [1.29, 1.82) is 0 Å². The average Bonchev–Trinajstić information content (AvgIpc) is 2.84. The van der Waals surface area contributed by atoms with Crippen LogP contribution in [-0.2, 0) is 19.0 Å². The maximum absolute atomic E-state index is 12.4. The summed E-state index contributed by atoms with van der Waals surface area (Å²) in [5, 5.41) is 2.12. The number of nitrogens with two attached hydrogens (primary N) is 1. The Labute approximate surface area is 145 Å². The lowest BCUT2D eigenvalue weighted by molar-refractivity contribution is -0.671. The smallest absolute Gasteiger partial charge is 0.315 e. The van der Waals surface area contributed by atoms with E-state index in [4.69, 9.17) is 14.2 Å². The van der Waals surface area contributed by atoms with Gasteiger partial charge in [0.25, 0.3) is 0 Å². The Balaban J connectivity index is 1.64. The van der Waals surface area contributed by atoms with E-state index in [0.717, 1.165) is 25.8 Å². The molecule has 5 nitrogen and oxygen atoms in total. The van der Waals surface area contributed by atoms with Crippen LogP contribution >= 0.6 is 0 Å². The maximum atomic E-state index is 12.4. The zero-order chi connectivity index (χ0) is 17.3. The third kappa shape index (κ3) is 3.26. The molecule has 3 fully saturated rings. The van der Waals surface area contributed by atoms with Gasteiger partial charge in [0.15, 0.2) is 0 Å². The predicted molar refractivity (Wildman–Crippen MR) is 90.1 cm³/mol. The molecule has 0 bridgehead atoms. The molecule has 0 spiro atoms. The second-order valence-electron chi connectivity index (χ2n) is 8.06. The van der Waals surface area contributed by atoms with Crippen LogP contribution in [-0.4, -0.2) is 45.7 Å². The van der Waals surface area contributed by atoms with Crippen molar-refractivity contribution in [3.63, 3.8) is 0 Å². The predicted octanol–water partition coefficient (Wildman–Crippen LogP) is 1.48. The molecular formula is C19H32NO4+. The molecule has 2 N–H and O–H groups in total. The van der Waals surface area contributed by atoms with Crippen LogP contribution in [0.3, 0.4) is 0 Å². The van der Waals surface area contributed by atoms with Crippen LogP contribution in [0.25, 0.3) is 0 Å². The number of quaternary nitrogens is 1. The van der Waals surface area contributed by atoms with Crippen molar-refractivity contribution in [3.05, 3.63) is 12.2 Å². The van der Waals surface area contributed by atoms with Crippen molar-refractivity contribution in [3.8, 4) is 0 Å². The van der Waals surface area contributed by atoms with Gasteiger partial charge in [-0.15, -0.1) is 0 Å². The molecule has 2 saturated carbocycles. The number of methoxy groups -OCH3 is 2. The Bertz CT molecular complexity index is 490. The van der Waals surface area contributed by atoms with Crippen molar-refractivity contribution in [2.45, 2.75) is 51.4 Å². The van der Waals surface area contributed by atoms with Crippen molar-refractivity contribution in [2.75, 3.05) is 27.3 Å². The fourth-order valence-corrected chi connectivity index (χ4v) is 5.23. The molecule has 1 heterocycles. The van der Waals surface area contributed by atoms with E-state index in [9.17, 15) is 4.79 Å². The van der Waals surface area contributed by atoms with Gasteiger partial charge in [-0.05, 0) is 43.4 Å². The van der Waals surface area contributed by atoms with E-state index >= 15 is 0 Å². The molecule has 0 unspecified atom stereocenters. The molecule has 1 aliphatic heterocycles. The van der Waals surface area contributed by atoms with E-state index in [-0.39, 0.29) is 29.7 Å². The van der Waals surface area contributed by atoms with Gasteiger partial charge in [-0.25, -0.2) is 0 Å². The number of carbonyl (C=O) groups is 1. The Kier molecular flexibility index (Phi) is 5.33. The van der Waals surface area contributed by atoms with Crippen LogP contribution < -0.4 is 5.32 Å². The normalized spacial score (nSPS) is 38.8. The Hall–Kier alpha value is -0.910. The minimum Gasteiger partial charge on any atom is -0.462 e. The minimum absolute atomic E-state index is 0.0105. The van der Waals surface area contributed by atoms with Gasteiger partial charge >= 0.3 is 5.97 Å². The standard InChI is InChI=1S/C19H31NO4/c1-12-6-5-7-19(2)9-16-13(8-15(12)19)14(18(21)24-16)10-20-11-17(22-3)23-4/h13-17,20H,1,5-11H2,2-4H3/p+1/t13-,14+,15-,16-,19-/m1/s1.